The van der Waals surface area contributed by atoms with E-state index in [4.69, 9.17) is 0 Å². The maximum atomic E-state index is 14.4. The van der Waals surface area contributed by atoms with Crippen molar-refractivity contribution in [2.75, 3.05) is 0 Å². The van der Waals surface area contributed by atoms with Crippen LogP contribution in [0.2, 0.25) is 0 Å². The summed E-state index contributed by atoms with van der Waals surface area (Å²) in [5.74, 6) is 0. The summed E-state index contributed by atoms with van der Waals surface area (Å²) in [7, 11) is 0. The van der Waals surface area contributed by atoms with Crippen LogP contribution in [0.15, 0.2) is 34.1 Å². The second-order valence-corrected chi connectivity index (χ2v) is 5.15. The number of fused-ring (bicyclic) bond motifs is 2. The van der Waals surface area contributed by atoms with Crippen LogP contribution in [0.3, 0.4) is 0 Å². The molecule has 17 heavy (non-hydrogen) atoms. The highest BCUT2D eigenvalue weighted by atomic mass is 79.9. The number of hydrogen-bond acceptors (Lipinski definition) is 0. The van der Waals surface area contributed by atoms with Crippen molar-refractivity contribution in [3.8, 4) is 0 Å². The van der Waals surface area contributed by atoms with Crippen molar-refractivity contribution in [1.82, 2.24) is 4.48 Å². The Kier molecular flexibility index (Phi) is 2.06. The van der Waals surface area contributed by atoms with E-state index in [0.717, 1.165) is 19.0 Å². The second kappa shape index (κ2) is 3.19. The quantitative estimate of drug-likeness (QED) is 0.650. The van der Waals surface area contributed by atoms with Gasteiger partial charge in [0, 0.05) is 24.3 Å². The van der Waals surface area contributed by atoms with Crippen molar-refractivity contribution in [1.29, 1.82) is 0 Å². The molecular formula is C11H10BBrF2N2. The lowest BCUT2D eigenvalue weighted by Gasteiger charge is -2.28. The Hall–Kier alpha value is -1.17. The predicted molar refractivity (Wildman–Crippen MR) is 68.3 cm³/mol. The van der Waals surface area contributed by atoms with Crippen LogP contribution in [0.25, 0.3) is 6.08 Å². The molecule has 88 valence electrons. The van der Waals surface area contributed by atoms with E-state index in [9.17, 15) is 8.63 Å². The molecule has 0 saturated carbocycles. The smallest absolute Gasteiger partial charge is 0.396 e. The highest BCUT2D eigenvalue weighted by Gasteiger charge is 2.52. The fraction of sp³-hybridized carbons (Fsp3) is 0.182. The largest absolute Gasteiger partial charge is 0.737 e. The fourth-order valence-electron chi connectivity index (χ4n) is 2.51. The molecule has 0 N–H and O–H groups in total. The SMILES string of the molecule is CC1=C(Br)C(C)=[N+]2C1=Cc1cccn1[B-]2(F)F. The number of hydrogen-bond donors (Lipinski definition) is 0. The molecule has 0 aromatic carbocycles. The highest BCUT2D eigenvalue weighted by Crippen LogP contribution is 2.37. The summed E-state index contributed by atoms with van der Waals surface area (Å²) in [6, 6.07) is 3.35. The van der Waals surface area contributed by atoms with Gasteiger partial charge in [-0.1, -0.05) is 0 Å². The van der Waals surface area contributed by atoms with E-state index in [1.54, 1.807) is 25.1 Å². The van der Waals surface area contributed by atoms with Gasteiger partial charge in [0.05, 0.1) is 4.48 Å². The molecule has 0 aliphatic carbocycles. The van der Waals surface area contributed by atoms with Gasteiger partial charge in [0.25, 0.3) is 0 Å². The van der Waals surface area contributed by atoms with Gasteiger partial charge in [-0.2, -0.15) is 0 Å². The second-order valence-electron chi connectivity index (χ2n) is 4.35. The third-order valence-electron chi connectivity index (χ3n) is 3.39. The molecule has 0 fully saturated rings. The Balaban J connectivity index is 2.37. The van der Waals surface area contributed by atoms with E-state index in [1.807, 2.05) is 6.92 Å². The average molecular weight is 299 g/mol. The van der Waals surface area contributed by atoms with Gasteiger partial charge in [-0.25, -0.2) is 0 Å². The fourth-order valence-corrected chi connectivity index (χ4v) is 2.90. The zero-order valence-electron chi connectivity index (χ0n) is 9.42. The molecule has 2 nitrogen and oxygen atoms in total. The van der Waals surface area contributed by atoms with E-state index in [2.05, 4.69) is 15.9 Å². The van der Waals surface area contributed by atoms with Gasteiger partial charge in [-0.15, -0.1) is 0 Å². The van der Waals surface area contributed by atoms with Gasteiger partial charge in [-0.3, -0.25) is 0 Å². The van der Waals surface area contributed by atoms with Crippen molar-refractivity contribution in [3.63, 3.8) is 0 Å². The average Bonchev–Trinajstić information content (AvgIpc) is 2.81. The third kappa shape index (κ3) is 1.22. The Morgan fingerprint density at radius 1 is 1.35 bits per heavy atom. The first-order chi connectivity index (χ1) is 7.94. The summed E-state index contributed by atoms with van der Waals surface area (Å²) in [5, 5.41) is 0. The Morgan fingerprint density at radius 3 is 2.76 bits per heavy atom. The molecule has 1 aromatic heterocycles. The van der Waals surface area contributed by atoms with Crippen molar-refractivity contribution in [2.45, 2.75) is 13.8 Å². The number of aromatic nitrogens is 1. The molecule has 1 aromatic rings. The Morgan fingerprint density at radius 2 is 2.06 bits per heavy atom. The van der Waals surface area contributed by atoms with Crippen LogP contribution in [0.4, 0.5) is 8.63 Å². The van der Waals surface area contributed by atoms with Gasteiger partial charge < -0.3 is 17.6 Å². The van der Waals surface area contributed by atoms with Crippen LogP contribution in [0, 0.1) is 0 Å². The van der Waals surface area contributed by atoms with Crippen molar-refractivity contribution >= 4 is 34.7 Å². The predicted octanol–water partition coefficient (Wildman–Crippen LogP) is 3.22. The minimum Gasteiger partial charge on any atom is -0.396 e. The molecule has 0 saturated heterocycles. The normalized spacial score (nSPS) is 21.6. The Labute approximate surface area is 106 Å². The minimum absolute atomic E-state index is 0.551. The topological polar surface area (TPSA) is 7.94 Å². The molecule has 0 unspecified atom stereocenters. The summed E-state index contributed by atoms with van der Waals surface area (Å²) in [4.78, 5) is 0. The summed E-state index contributed by atoms with van der Waals surface area (Å²) < 4.78 is 31.8. The molecule has 0 atom stereocenters. The number of nitrogens with zero attached hydrogens (tertiary/aromatic N) is 2. The van der Waals surface area contributed by atoms with Gasteiger partial charge >= 0.3 is 6.97 Å². The molecule has 0 amide bonds. The number of rotatable bonds is 0. The van der Waals surface area contributed by atoms with E-state index in [1.165, 1.54) is 6.20 Å². The van der Waals surface area contributed by atoms with Crippen molar-refractivity contribution in [3.05, 3.63) is 39.8 Å². The molecule has 0 spiro atoms. The highest BCUT2D eigenvalue weighted by molar-refractivity contribution is 9.12. The molecular weight excluding hydrogens is 289 g/mol. The third-order valence-corrected chi connectivity index (χ3v) is 4.56. The van der Waals surface area contributed by atoms with E-state index >= 15 is 0 Å². The van der Waals surface area contributed by atoms with Gasteiger partial charge in [-0.05, 0) is 41.2 Å². The van der Waals surface area contributed by atoms with Crippen LogP contribution >= 0.6 is 15.9 Å². The van der Waals surface area contributed by atoms with E-state index in [-0.39, 0.29) is 0 Å². The first-order valence-corrected chi connectivity index (χ1v) is 6.15. The first-order valence-electron chi connectivity index (χ1n) is 5.35. The van der Waals surface area contributed by atoms with Crippen LogP contribution in [-0.4, -0.2) is 21.6 Å². The molecule has 3 heterocycles. The molecule has 2 aliphatic rings. The Bertz CT molecular complexity index is 625. The van der Waals surface area contributed by atoms with Gasteiger partial charge in [0.2, 0.25) is 0 Å². The molecule has 3 rings (SSSR count). The molecule has 0 bridgehead atoms. The molecule has 2 aliphatic heterocycles. The van der Waals surface area contributed by atoms with Crippen LogP contribution in [0.1, 0.15) is 19.5 Å². The van der Waals surface area contributed by atoms with Crippen LogP contribution in [-0.2, 0) is 0 Å². The maximum absolute atomic E-state index is 14.4. The molecule has 6 heteroatoms. The zero-order valence-corrected chi connectivity index (χ0v) is 11.0. The van der Waals surface area contributed by atoms with Crippen LogP contribution in [0.5, 0.6) is 0 Å². The summed E-state index contributed by atoms with van der Waals surface area (Å²) in [5.41, 5.74) is 2.57. The molecule has 0 radical (unpaired) electrons. The maximum Gasteiger partial charge on any atom is 0.737 e. The number of allylic oxidation sites excluding steroid dienone is 2. The lowest BCUT2D eigenvalue weighted by molar-refractivity contribution is -0.362. The van der Waals surface area contributed by atoms with Crippen LogP contribution < -0.4 is 0 Å². The summed E-state index contributed by atoms with van der Waals surface area (Å²) >= 11 is 3.37. The monoisotopic (exact) mass is 298 g/mol. The minimum atomic E-state index is -3.78. The first kappa shape index (κ1) is 11.0. The lowest BCUT2D eigenvalue weighted by Crippen LogP contribution is -2.49. The van der Waals surface area contributed by atoms with E-state index in [0.29, 0.717) is 17.1 Å². The lowest BCUT2D eigenvalue weighted by atomic mass is 9.91. The zero-order chi connectivity index (χ0) is 12.4. The van der Waals surface area contributed by atoms with Gasteiger partial charge in [0.15, 0.2) is 5.70 Å². The standard InChI is InChI=1S/C11H10BBrF2N2/c1-7-10-6-9-4-3-5-16(9)12(14,15)17(10)8(2)11(7)13/h3-6H,1-2H3. The van der Waals surface area contributed by atoms with Crippen molar-refractivity contribution < 1.29 is 13.1 Å². The van der Waals surface area contributed by atoms with Gasteiger partial charge in [0.1, 0.15) is 5.71 Å². The van der Waals surface area contributed by atoms with E-state index < -0.39 is 6.97 Å². The summed E-state index contributed by atoms with van der Waals surface area (Å²) in [6.45, 7) is -0.218. The summed E-state index contributed by atoms with van der Waals surface area (Å²) in [6.07, 6.45) is 3.23. The number of halogens is 3. The van der Waals surface area contributed by atoms with Crippen molar-refractivity contribution in [2.24, 2.45) is 0 Å².